The van der Waals surface area contributed by atoms with Crippen LogP contribution in [0.3, 0.4) is 0 Å². The minimum atomic E-state index is -1.17. The van der Waals surface area contributed by atoms with Crippen molar-refractivity contribution >= 4 is 34.7 Å². The standard InChI is InChI=1S/C20H19ClF2N4O2S/c1-29-20(28)13-16(10-4-6-24-7-5-10)26-18(19-25-8-9-30-19)27-17(13)11-2-3-12(22)15(23)14(11)21/h2-3,8-10,17,24H,4-7H2,1H3,(H,26,27). The molecule has 10 heteroatoms. The fourth-order valence-corrected chi connectivity index (χ4v) is 4.60. The van der Waals surface area contributed by atoms with E-state index in [9.17, 15) is 13.6 Å². The van der Waals surface area contributed by atoms with Crippen LogP contribution in [0.5, 0.6) is 0 Å². The van der Waals surface area contributed by atoms with Crippen molar-refractivity contribution in [1.29, 1.82) is 0 Å². The van der Waals surface area contributed by atoms with Crippen LogP contribution in [-0.4, -0.2) is 37.0 Å². The van der Waals surface area contributed by atoms with Gasteiger partial charge in [-0.15, -0.1) is 11.3 Å². The number of hydrogen-bond acceptors (Lipinski definition) is 7. The van der Waals surface area contributed by atoms with Gasteiger partial charge in [0.05, 0.1) is 17.7 Å². The van der Waals surface area contributed by atoms with Crippen molar-refractivity contribution in [1.82, 2.24) is 15.6 Å². The molecule has 1 fully saturated rings. The van der Waals surface area contributed by atoms with Crippen molar-refractivity contribution < 1.29 is 18.3 Å². The number of methoxy groups -OCH3 is 1. The number of amidine groups is 1. The number of piperidine rings is 1. The fraction of sp³-hybridized carbons (Fsp3) is 0.350. The summed E-state index contributed by atoms with van der Waals surface area (Å²) < 4.78 is 33.0. The van der Waals surface area contributed by atoms with E-state index in [0.29, 0.717) is 16.5 Å². The number of benzene rings is 1. The maximum absolute atomic E-state index is 14.3. The summed E-state index contributed by atoms with van der Waals surface area (Å²) in [6.45, 7) is 1.59. The normalized spacial score (nSPS) is 20.0. The summed E-state index contributed by atoms with van der Waals surface area (Å²) in [5.74, 6) is -2.34. The summed E-state index contributed by atoms with van der Waals surface area (Å²) in [5.41, 5.74) is 1.10. The molecule has 1 atom stereocenters. The number of ether oxygens (including phenoxy) is 1. The molecule has 1 unspecified atom stereocenters. The Morgan fingerprint density at radius 1 is 1.30 bits per heavy atom. The summed E-state index contributed by atoms with van der Waals surface area (Å²) in [4.78, 5) is 21.8. The van der Waals surface area contributed by atoms with E-state index in [1.54, 1.807) is 6.20 Å². The van der Waals surface area contributed by atoms with Crippen molar-refractivity contribution in [2.45, 2.75) is 18.9 Å². The lowest BCUT2D eigenvalue weighted by Gasteiger charge is -2.33. The molecule has 2 N–H and O–H groups in total. The molecule has 1 aromatic carbocycles. The zero-order valence-electron chi connectivity index (χ0n) is 16.0. The number of esters is 1. The predicted molar refractivity (Wildman–Crippen MR) is 111 cm³/mol. The number of halogens is 3. The minimum Gasteiger partial charge on any atom is -0.466 e. The second kappa shape index (κ2) is 8.79. The van der Waals surface area contributed by atoms with E-state index < -0.39 is 28.7 Å². The van der Waals surface area contributed by atoms with Gasteiger partial charge < -0.3 is 15.4 Å². The van der Waals surface area contributed by atoms with Crippen LogP contribution in [0.25, 0.3) is 0 Å². The van der Waals surface area contributed by atoms with E-state index in [1.165, 1.54) is 24.5 Å². The number of aliphatic imine (C=N–C) groups is 1. The number of aromatic nitrogens is 1. The van der Waals surface area contributed by atoms with Gasteiger partial charge in [0.25, 0.3) is 0 Å². The van der Waals surface area contributed by atoms with Crippen LogP contribution in [0, 0.1) is 17.6 Å². The number of thiazole rings is 1. The molecule has 4 rings (SSSR count). The van der Waals surface area contributed by atoms with Crippen molar-refractivity contribution in [3.8, 4) is 0 Å². The lowest BCUT2D eigenvalue weighted by molar-refractivity contribution is -0.136. The lowest BCUT2D eigenvalue weighted by atomic mass is 9.86. The van der Waals surface area contributed by atoms with Gasteiger partial charge >= 0.3 is 5.97 Å². The largest absolute Gasteiger partial charge is 0.466 e. The molecule has 0 spiro atoms. The van der Waals surface area contributed by atoms with Crippen molar-refractivity contribution in [2.24, 2.45) is 10.9 Å². The molecule has 0 bridgehead atoms. The number of hydrogen-bond donors (Lipinski definition) is 2. The third kappa shape index (κ3) is 3.84. The van der Waals surface area contributed by atoms with Gasteiger partial charge in [-0.1, -0.05) is 17.7 Å². The highest BCUT2D eigenvalue weighted by atomic mass is 35.5. The summed E-state index contributed by atoms with van der Waals surface area (Å²) >= 11 is 7.53. The molecule has 3 heterocycles. The molecule has 2 aliphatic heterocycles. The molecule has 0 aliphatic carbocycles. The first kappa shape index (κ1) is 20.9. The Kier molecular flexibility index (Phi) is 6.12. The Morgan fingerprint density at radius 2 is 2.07 bits per heavy atom. The second-order valence-electron chi connectivity index (χ2n) is 6.95. The number of carbonyl (C=O) groups is 1. The van der Waals surface area contributed by atoms with E-state index in [0.717, 1.165) is 32.0 Å². The van der Waals surface area contributed by atoms with Gasteiger partial charge in [-0.05, 0) is 32.0 Å². The fourth-order valence-electron chi connectivity index (χ4n) is 3.76. The maximum atomic E-state index is 14.3. The molecule has 0 radical (unpaired) electrons. The molecule has 30 heavy (non-hydrogen) atoms. The molecule has 0 saturated carbocycles. The lowest BCUT2D eigenvalue weighted by Crippen LogP contribution is -2.40. The maximum Gasteiger partial charge on any atom is 0.338 e. The summed E-state index contributed by atoms with van der Waals surface area (Å²) in [6, 6.07) is 1.38. The Balaban J connectivity index is 1.91. The van der Waals surface area contributed by atoms with Crippen LogP contribution >= 0.6 is 22.9 Å². The predicted octanol–water partition coefficient (Wildman–Crippen LogP) is 3.59. The monoisotopic (exact) mass is 452 g/mol. The van der Waals surface area contributed by atoms with Gasteiger partial charge in [0.2, 0.25) is 0 Å². The van der Waals surface area contributed by atoms with Crippen LogP contribution in [0.2, 0.25) is 5.02 Å². The number of carbonyl (C=O) groups excluding carboxylic acids is 1. The van der Waals surface area contributed by atoms with E-state index in [-0.39, 0.29) is 17.1 Å². The Labute approximate surface area is 181 Å². The highest BCUT2D eigenvalue weighted by molar-refractivity contribution is 7.11. The van der Waals surface area contributed by atoms with E-state index in [1.807, 2.05) is 5.38 Å². The zero-order valence-corrected chi connectivity index (χ0v) is 17.6. The first-order valence-corrected chi connectivity index (χ1v) is 10.7. The van der Waals surface area contributed by atoms with Crippen LogP contribution in [-0.2, 0) is 9.53 Å². The molecule has 0 amide bonds. The van der Waals surface area contributed by atoms with Gasteiger partial charge in [-0.25, -0.2) is 18.6 Å². The quantitative estimate of drug-likeness (QED) is 0.547. The first-order valence-electron chi connectivity index (χ1n) is 9.42. The Hall–Kier alpha value is -2.36. The third-order valence-corrected chi connectivity index (χ3v) is 6.39. The SMILES string of the molecule is COC(=O)C1=C(C2CCNCC2)NC(c2nccs2)=NC1c1ccc(F)c(F)c1Cl. The van der Waals surface area contributed by atoms with Gasteiger partial charge in [0.1, 0.15) is 6.04 Å². The zero-order chi connectivity index (χ0) is 21.3. The topological polar surface area (TPSA) is 75.6 Å². The second-order valence-corrected chi connectivity index (χ2v) is 8.22. The van der Waals surface area contributed by atoms with Crippen molar-refractivity contribution in [3.63, 3.8) is 0 Å². The van der Waals surface area contributed by atoms with Crippen LogP contribution in [0.1, 0.15) is 29.5 Å². The summed E-state index contributed by atoms with van der Waals surface area (Å²) in [7, 11) is 1.28. The van der Waals surface area contributed by atoms with Gasteiger partial charge in [0.15, 0.2) is 22.5 Å². The van der Waals surface area contributed by atoms with E-state index in [2.05, 4.69) is 20.6 Å². The highest BCUT2D eigenvalue weighted by Gasteiger charge is 2.37. The minimum absolute atomic E-state index is 0.0392. The molecule has 2 aliphatic rings. The molecule has 6 nitrogen and oxygen atoms in total. The molecule has 1 saturated heterocycles. The third-order valence-electron chi connectivity index (χ3n) is 5.22. The van der Waals surface area contributed by atoms with Crippen LogP contribution in [0.4, 0.5) is 8.78 Å². The molecular weight excluding hydrogens is 434 g/mol. The van der Waals surface area contributed by atoms with Crippen molar-refractivity contribution in [3.05, 3.63) is 62.2 Å². The molecular formula is C20H19ClF2N4O2S. The number of nitrogens with one attached hydrogen (secondary N) is 2. The Bertz CT molecular complexity index is 1020. The van der Waals surface area contributed by atoms with Gasteiger partial charge in [-0.2, -0.15) is 0 Å². The van der Waals surface area contributed by atoms with Crippen LogP contribution in [0.15, 0.2) is 40.0 Å². The molecule has 1 aromatic heterocycles. The molecule has 158 valence electrons. The summed E-state index contributed by atoms with van der Waals surface area (Å²) in [6.07, 6.45) is 3.24. The molecule has 2 aromatic rings. The van der Waals surface area contributed by atoms with Crippen LogP contribution < -0.4 is 10.6 Å². The van der Waals surface area contributed by atoms with Gasteiger partial charge in [-0.3, -0.25) is 4.99 Å². The summed E-state index contributed by atoms with van der Waals surface area (Å²) in [5, 5.41) is 8.59. The van der Waals surface area contributed by atoms with Gasteiger partial charge in [0, 0.05) is 28.8 Å². The smallest absolute Gasteiger partial charge is 0.338 e. The number of rotatable bonds is 4. The number of nitrogens with zero attached hydrogens (tertiary/aromatic N) is 2. The van der Waals surface area contributed by atoms with E-state index in [4.69, 9.17) is 16.3 Å². The van der Waals surface area contributed by atoms with Crippen molar-refractivity contribution in [2.75, 3.05) is 20.2 Å². The van der Waals surface area contributed by atoms with E-state index >= 15 is 0 Å². The first-order chi connectivity index (χ1) is 14.5. The number of allylic oxidation sites excluding steroid dienone is 1. The highest BCUT2D eigenvalue weighted by Crippen LogP contribution is 2.40. The Morgan fingerprint density at radius 3 is 2.73 bits per heavy atom. The average molecular weight is 453 g/mol. The average Bonchev–Trinajstić information content (AvgIpc) is 3.32.